The zero-order valence-electron chi connectivity index (χ0n) is 10.8. The van der Waals surface area contributed by atoms with Crippen LogP contribution in [0.1, 0.15) is 30.7 Å². The van der Waals surface area contributed by atoms with Crippen molar-refractivity contribution >= 4 is 11.9 Å². The van der Waals surface area contributed by atoms with Crippen LogP contribution in [0.3, 0.4) is 0 Å². The molecule has 102 valence electrons. The number of nitrogens with one attached hydrogen (secondary N) is 1. The Kier molecular flexibility index (Phi) is 4.04. The normalized spacial score (nSPS) is 19.8. The van der Waals surface area contributed by atoms with Gasteiger partial charge >= 0.3 is 5.97 Å². The Bertz CT molecular complexity index is 469. The van der Waals surface area contributed by atoms with Crippen molar-refractivity contribution in [3.63, 3.8) is 0 Å². The van der Waals surface area contributed by atoms with E-state index >= 15 is 0 Å². The molecule has 19 heavy (non-hydrogen) atoms. The highest BCUT2D eigenvalue weighted by Gasteiger charge is 2.31. The summed E-state index contributed by atoms with van der Waals surface area (Å²) in [5.74, 6) is -0.334. The SMILES string of the molecule is COc1ccc(C(CC(=O)O)C2CCC(=O)N2)cc1. The maximum Gasteiger partial charge on any atom is 0.304 e. The van der Waals surface area contributed by atoms with E-state index in [4.69, 9.17) is 9.84 Å². The van der Waals surface area contributed by atoms with Gasteiger partial charge in [-0.2, -0.15) is 0 Å². The van der Waals surface area contributed by atoms with Crippen LogP contribution in [0.2, 0.25) is 0 Å². The lowest BCUT2D eigenvalue weighted by molar-refractivity contribution is -0.137. The summed E-state index contributed by atoms with van der Waals surface area (Å²) in [7, 11) is 1.58. The summed E-state index contributed by atoms with van der Waals surface area (Å²) in [5, 5.41) is 11.9. The number of rotatable bonds is 5. The predicted molar refractivity (Wildman–Crippen MR) is 69.2 cm³/mol. The van der Waals surface area contributed by atoms with E-state index in [1.807, 2.05) is 12.1 Å². The number of carboxylic acid groups (broad SMARTS) is 1. The fourth-order valence-electron chi connectivity index (χ4n) is 2.47. The molecule has 1 aliphatic rings. The van der Waals surface area contributed by atoms with Gasteiger partial charge in [0.25, 0.3) is 0 Å². The van der Waals surface area contributed by atoms with Crippen molar-refractivity contribution in [2.45, 2.75) is 31.2 Å². The number of carbonyl (C=O) groups is 2. The summed E-state index contributed by atoms with van der Waals surface area (Å²) in [6, 6.07) is 7.23. The first-order valence-electron chi connectivity index (χ1n) is 6.25. The van der Waals surface area contributed by atoms with E-state index in [2.05, 4.69) is 5.32 Å². The van der Waals surface area contributed by atoms with Crippen molar-refractivity contribution in [3.05, 3.63) is 29.8 Å². The van der Waals surface area contributed by atoms with Crippen LogP contribution in [0, 0.1) is 0 Å². The average molecular weight is 263 g/mol. The second-order valence-electron chi connectivity index (χ2n) is 4.69. The minimum Gasteiger partial charge on any atom is -0.497 e. The van der Waals surface area contributed by atoms with Gasteiger partial charge in [0.05, 0.1) is 13.5 Å². The molecule has 0 bridgehead atoms. The first-order valence-corrected chi connectivity index (χ1v) is 6.25. The summed E-state index contributed by atoms with van der Waals surface area (Å²) in [6.45, 7) is 0. The van der Waals surface area contributed by atoms with E-state index in [-0.39, 0.29) is 24.3 Å². The van der Waals surface area contributed by atoms with Gasteiger partial charge in [-0.1, -0.05) is 12.1 Å². The molecule has 1 aliphatic heterocycles. The first kappa shape index (κ1) is 13.4. The van der Waals surface area contributed by atoms with Crippen molar-refractivity contribution < 1.29 is 19.4 Å². The Morgan fingerprint density at radius 1 is 1.47 bits per heavy atom. The van der Waals surface area contributed by atoms with E-state index in [0.717, 1.165) is 11.3 Å². The lowest BCUT2D eigenvalue weighted by Crippen LogP contribution is -2.32. The van der Waals surface area contributed by atoms with Crippen LogP contribution in [0.4, 0.5) is 0 Å². The number of ether oxygens (including phenoxy) is 1. The number of carboxylic acids is 1. The number of benzene rings is 1. The molecule has 5 heteroatoms. The molecular weight excluding hydrogens is 246 g/mol. The third-order valence-corrected chi connectivity index (χ3v) is 3.45. The highest BCUT2D eigenvalue weighted by atomic mass is 16.5. The average Bonchev–Trinajstić information content (AvgIpc) is 2.82. The van der Waals surface area contributed by atoms with E-state index < -0.39 is 5.97 Å². The van der Waals surface area contributed by atoms with Gasteiger partial charge in [-0.15, -0.1) is 0 Å². The van der Waals surface area contributed by atoms with Crippen LogP contribution in [-0.2, 0) is 9.59 Å². The first-order chi connectivity index (χ1) is 9.10. The highest BCUT2D eigenvalue weighted by molar-refractivity contribution is 5.79. The van der Waals surface area contributed by atoms with Crippen molar-refractivity contribution in [2.75, 3.05) is 7.11 Å². The van der Waals surface area contributed by atoms with Gasteiger partial charge in [-0.25, -0.2) is 0 Å². The summed E-state index contributed by atoms with van der Waals surface area (Å²) in [5.41, 5.74) is 0.912. The van der Waals surface area contributed by atoms with Crippen molar-refractivity contribution in [2.24, 2.45) is 0 Å². The molecule has 1 heterocycles. The molecule has 0 aromatic heterocycles. The molecule has 1 saturated heterocycles. The number of amides is 1. The second-order valence-corrected chi connectivity index (χ2v) is 4.69. The van der Waals surface area contributed by atoms with Crippen LogP contribution >= 0.6 is 0 Å². The van der Waals surface area contributed by atoms with E-state index in [1.165, 1.54) is 0 Å². The molecule has 2 N–H and O–H groups in total. The maximum atomic E-state index is 11.3. The standard InChI is InChI=1S/C14H17NO4/c1-19-10-4-2-9(3-5-10)11(8-14(17)18)12-6-7-13(16)15-12/h2-5,11-12H,6-8H2,1H3,(H,15,16)(H,17,18). The molecule has 1 amide bonds. The molecule has 0 spiro atoms. The summed E-state index contributed by atoms with van der Waals surface area (Å²) >= 11 is 0. The maximum absolute atomic E-state index is 11.3. The molecule has 0 saturated carbocycles. The zero-order chi connectivity index (χ0) is 13.8. The lowest BCUT2D eigenvalue weighted by atomic mass is 9.87. The third kappa shape index (κ3) is 3.24. The lowest BCUT2D eigenvalue weighted by Gasteiger charge is -2.22. The fourth-order valence-corrected chi connectivity index (χ4v) is 2.47. The monoisotopic (exact) mass is 263 g/mol. The minimum absolute atomic E-state index is 0.00565. The Morgan fingerprint density at radius 2 is 2.16 bits per heavy atom. The van der Waals surface area contributed by atoms with Gasteiger partial charge < -0.3 is 15.2 Å². The Hall–Kier alpha value is -2.04. The molecule has 2 atom stereocenters. The zero-order valence-corrected chi connectivity index (χ0v) is 10.8. The highest BCUT2D eigenvalue weighted by Crippen LogP contribution is 2.30. The van der Waals surface area contributed by atoms with Crippen LogP contribution in [0.25, 0.3) is 0 Å². The second kappa shape index (κ2) is 5.73. The van der Waals surface area contributed by atoms with Gasteiger partial charge in [0.15, 0.2) is 0 Å². The summed E-state index contributed by atoms with van der Waals surface area (Å²) in [6.07, 6.45) is 1.16. The van der Waals surface area contributed by atoms with E-state index in [1.54, 1.807) is 19.2 Å². The van der Waals surface area contributed by atoms with Crippen LogP contribution in [0.5, 0.6) is 5.75 Å². The molecule has 2 rings (SSSR count). The predicted octanol–water partition coefficient (Wildman–Crippen LogP) is 1.53. The van der Waals surface area contributed by atoms with Gasteiger partial charge in [-0.05, 0) is 24.1 Å². The number of hydrogen-bond acceptors (Lipinski definition) is 3. The van der Waals surface area contributed by atoms with Crippen LogP contribution in [0.15, 0.2) is 24.3 Å². The van der Waals surface area contributed by atoms with Crippen molar-refractivity contribution in [1.82, 2.24) is 5.32 Å². The van der Waals surface area contributed by atoms with E-state index in [0.29, 0.717) is 12.8 Å². The summed E-state index contributed by atoms with van der Waals surface area (Å²) < 4.78 is 5.09. The minimum atomic E-state index is -0.859. The number of carbonyl (C=O) groups excluding carboxylic acids is 1. The Morgan fingerprint density at radius 3 is 2.63 bits per heavy atom. The quantitative estimate of drug-likeness (QED) is 0.844. The molecule has 0 radical (unpaired) electrons. The topological polar surface area (TPSA) is 75.6 Å². The Balaban J connectivity index is 2.20. The molecule has 0 aliphatic carbocycles. The molecule has 1 fully saturated rings. The molecular formula is C14H17NO4. The van der Waals surface area contributed by atoms with Gasteiger partial charge in [0.1, 0.15) is 5.75 Å². The van der Waals surface area contributed by atoms with Crippen molar-refractivity contribution in [3.8, 4) is 5.75 Å². The third-order valence-electron chi connectivity index (χ3n) is 3.45. The van der Waals surface area contributed by atoms with Gasteiger partial charge in [0.2, 0.25) is 5.91 Å². The number of methoxy groups -OCH3 is 1. The van der Waals surface area contributed by atoms with Crippen LogP contribution < -0.4 is 10.1 Å². The fraction of sp³-hybridized carbons (Fsp3) is 0.429. The largest absolute Gasteiger partial charge is 0.497 e. The number of aliphatic carboxylic acids is 1. The van der Waals surface area contributed by atoms with Gasteiger partial charge in [-0.3, -0.25) is 9.59 Å². The summed E-state index contributed by atoms with van der Waals surface area (Å²) in [4.78, 5) is 22.3. The van der Waals surface area contributed by atoms with Gasteiger partial charge in [0, 0.05) is 18.4 Å². The van der Waals surface area contributed by atoms with E-state index in [9.17, 15) is 9.59 Å². The molecule has 2 unspecified atom stereocenters. The van der Waals surface area contributed by atoms with Crippen LogP contribution in [-0.4, -0.2) is 30.1 Å². The number of hydrogen-bond donors (Lipinski definition) is 2. The molecule has 1 aromatic rings. The molecule has 1 aromatic carbocycles. The van der Waals surface area contributed by atoms with Crippen molar-refractivity contribution in [1.29, 1.82) is 0 Å². The molecule has 5 nitrogen and oxygen atoms in total. The Labute approximate surface area is 111 Å². The smallest absolute Gasteiger partial charge is 0.304 e.